The molecule has 2 aliphatic carbocycles. The number of nitrogens with zero attached hydrogens (tertiary/aromatic N) is 6. The van der Waals surface area contributed by atoms with E-state index in [2.05, 4.69) is 30.7 Å². The van der Waals surface area contributed by atoms with E-state index < -0.39 is 0 Å². The van der Waals surface area contributed by atoms with E-state index in [9.17, 15) is 5.11 Å². The van der Waals surface area contributed by atoms with Crippen LogP contribution in [0.25, 0.3) is 22.2 Å². The molecule has 3 aromatic heterocycles. The third kappa shape index (κ3) is 4.70. The van der Waals surface area contributed by atoms with E-state index >= 15 is 0 Å². The Bertz CT molecular complexity index is 1410. The van der Waals surface area contributed by atoms with Crippen LogP contribution in [0.5, 0.6) is 0 Å². The molecule has 38 heavy (non-hydrogen) atoms. The van der Waals surface area contributed by atoms with Crippen LogP contribution in [0.4, 0.5) is 22.7 Å². The van der Waals surface area contributed by atoms with Crippen molar-refractivity contribution in [3.63, 3.8) is 0 Å². The van der Waals surface area contributed by atoms with Crippen LogP contribution in [-0.4, -0.2) is 68.7 Å². The van der Waals surface area contributed by atoms with Gasteiger partial charge in [-0.05, 0) is 43.2 Å². The van der Waals surface area contributed by atoms with Crippen molar-refractivity contribution in [3.8, 4) is 22.2 Å². The summed E-state index contributed by atoms with van der Waals surface area (Å²) in [7, 11) is 0. The van der Waals surface area contributed by atoms with E-state index in [1.165, 1.54) is 11.3 Å². The largest absolute Gasteiger partial charge is 0.415 e. The van der Waals surface area contributed by atoms with Crippen molar-refractivity contribution in [2.24, 2.45) is 5.41 Å². The summed E-state index contributed by atoms with van der Waals surface area (Å²) in [6.45, 7) is 2.91. The van der Waals surface area contributed by atoms with Crippen LogP contribution >= 0.6 is 11.3 Å². The molecule has 4 aromatic rings. The minimum Gasteiger partial charge on any atom is -0.415 e. The van der Waals surface area contributed by atoms with Gasteiger partial charge in [-0.1, -0.05) is 29.5 Å². The Morgan fingerprint density at radius 1 is 1.00 bits per heavy atom. The van der Waals surface area contributed by atoms with Crippen LogP contribution in [0.3, 0.4) is 0 Å². The predicted octanol–water partition coefficient (Wildman–Crippen LogP) is 3.95. The third-order valence-electron chi connectivity index (χ3n) is 7.47. The van der Waals surface area contributed by atoms with Gasteiger partial charge in [0.15, 0.2) is 5.13 Å². The first-order chi connectivity index (χ1) is 18.6. The molecule has 12 heteroatoms. The lowest BCUT2D eigenvalue weighted by molar-refractivity contribution is -0.0868. The van der Waals surface area contributed by atoms with Gasteiger partial charge in [0.25, 0.3) is 5.89 Å². The fraction of sp³-hybridized carbons (Fsp3) is 0.423. The molecule has 1 aliphatic heterocycles. The molecular formula is C26H28N8O3S. The van der Waals surface area contributed by atoms with E-state index in [0.717, 1.165) is 55.0 Å². The lowest BCUT2D eigenvalue weighted by Gasteiger charge is -2.56. The highest BCUT2D eigenvalue weighted by molar-refractivity contribution is 7.18. The third-order valence-corrected chi connectivity index (χ3v) is 8.38. The Kier molecular flexibility index (Phi) is 5.94. The van der Waals surface area contributed by atoms with Gasteiger partial charge in [-0.3, -0.25) is 0 Å². The van der Waals surface area contributed by atoms with Gasteiger partial charge < -0.3 is 29.8 Å². The zero-order valence-electron chi connectivity index (χ0n) is 20.7. The highest BCUT2D eigenvalue weighted by atomic mass is 32.1. The minimum absolute atomic E-state index is 0.132. The summed E-state index contributed by atoms with van der Waals surface area (Å²) in [6.07, 6.45) is 5.50. The first kappa shape index (κ1) is 23.5. The summed E-state index contributed by atoms with van der Waals surface area (Å²) in [5.41, 5.74) is 1.18. The lowest BCUT2D eigenvalue weighted by atomic mass is 9.53. The fourth-order valence-electron chi connectivity index (χ4n) is 5.62. The van der Waals surface area contributed by atoms with Gasteiger partial charge >= 0.3 is 0 Å². The van der Waals surface area contributed by atoms with E-state index in [1.54, 1.807) is 6.20 Å². The molecule has 3 fully saturated rings. The standard InChI is InChI=1S/C26H28N8O3S/c35-18-13-26(14-18)11-17(12-26)28-24-29-20(10-21(31-24)34-6-8-36-9-7-34)30-25-27-15-19(38-25)23-33-32-22(37-23)16-4-2-1-3-5-16/h1-5,10,15,17-18,35H,6-9,11-14H2,(H2,27,28,29,30,31). The summed E-state index contributed by atoms with van der Waals surface area (Å²) in [4.78, 5) is 17.1. The van der Waals surface area contributed by atoms with Gasteiger partial charge in [0.1, 0.15) is 16.5 Å². The lowest BCUT2D eigenvalue weighted by Crippen LogP contribution is -2.54. The monoisotopic (exact) mass is 532 g/mol. The molecule has 0 amide bonds. The molecule has 4 heterocycles. The SMILES string of the molecule is OC1CC2(C1)CC(Nc1nc(Nc3ncc(-c4nnc(-c5ccccc5)o4)s3)cc(N3CCOCC3)n1)C2. The summed E-state index contributed by atoms with van der Waals surface area (Å²) < 4.78 is 11.4. The Hall–Kier alpha value is -3.61. The summed E-state index contributed by atoms with van der Waals surface area (Å²) in [5.74, 6) is 3.00. The molecule has 196 valence electrons. The Morgan fingerprint density at radius 2 is 1.79 bits per heavy atom. The van der Waals surface area contributed by atoms with E-state index in [1.807, 2.05) is 36.4 Å². The van der Waals surface area contributed by atoms with Gasteiger partial charge in [0.2, 0.25) is 11.8 Å². The van der Waals surface area contributed by atoms with Crippen molar-refractivity contribution in [2.75, 3.05) is 41.8 Å². The zero-order chi connectivity index (χ0) is 25.5. The second-order valence-corrected chi connectivity index (χ2v) is 11.3. The average molecular weight is 533 g/mol. The Labute approximate surface area is 223 Å². The second kappa shape index (κ2) is 9.61. The van der Waals surface area contributed by atoms with Crippen LogP contribution in [-0.2, 0) is 4.74 Å². The van der Waals surface area contributed by atoms with Crippen LogP contribution in [0.2, 0.25) is 0 Å². The van der Waals surface area contributed by atoms with Gasteiger partial charge in [-0.15, -0.1) is 10.2 Å². The topological polar surface area (TPSA) is 134 Å². The Morgan fingerprint density at radius 3 is 2.58 bits per heavy atom. The second-order valence-electron chi connectivity index (χ2n) is 10.3. The molecule has 7 rings (SSSR count). The molecule has 3 aliphatic rings. The van der Waals surface area contributed by atoms with E-state index in [-0.39, 0.29) is 6.10 Å². The van der Waals surface area contributed by atoms with Gasteiger partial charge in [-0.25, -0.2) is 4.98 Å². The number of hydrogen-bond acceptors (Lipinski definition) is 12. The first-order valence-corrected chi connectivity index (χ1v) is 13.7. The van der Waals surface area contributed by atoms with Gasteiger partial charge in [0.05, 0.1) is 25.5 Å². The number of nitrogens with one attached hydrogen (secondary N) is 2. The summed E-state index contributed by atoms with van der Waals surface area (Å²) in [6, 6.07) is 11.9. The minimum atomic E-state index is -0.132. The zero-order valence-corrected chi connectivity index (χ0v) is 21.5. The highest BCUT2D eigenvalue weighted by Gasteiger charge is 2.52. The summed E-state index contributed by atoms with van der Waals surface area (Å²) in [5, 5.41) is 25.6. The molecule has 11 nitrogen and oxygen atoms in total. The molecular weight excluding hydrogens is 504 g/mol. The summed E-state index contributed by atoms with van der Waals surface area (Å²) >= 11 is 1.42. The van der Waals surface area contributed by atoms with Crippen molar-refractivity contribution < 1.29 is 14.3 Å². The molecule has 1 spiro atoms. The van der Waals surface area contributed by atoms with Crippen molar-refractivity contribution in [2.45, 2.75) is 37.8 Å². The number of thiazole rings is 1. The molecule has 0 bridgehead atoms. The first-order valence-electron chi connectivity index (χ1n) is 12.9. The van der Waals surface area contributed by atoms with Crippen molar-refractivity contribution >= 4 is 34.1 Å². The number of aliphatic hydroxyl groups excluding tert-OH is 1. The number of benzene rings is 1. The average Bonchev–Trinajstić information content (AvgIpc) is 3.58. The predicted molar refractivity (Wildman–Crippen MR) is 144 cm³/mol. The molecule has 2 saturated carbocycles. The van der Waals surface area contributed by atoms with E-state index in [4.69, 9.17) is 19.1 Å². The van der Waals surface area contributed by atoms with Crippen molar-refractivity contribution in [1.82, 2.24) is 25.1 Å². The highest BCUT2D eigenvalue weighted by Crippen LogP contribution is 2.56. The number of rotatable bonds is 7. The number of hydrogen-bond donors (Lipinski definition) is 3. The van der Waals surface area contributed by atoms with Crippen LogP contribution in [0.1, 0.15) is 25.7 Å². The van der Waals surface area contributed by atoms with Gasteiger partial charge in [-0.2, -0.15) is 9.97 Å². The quantitative estimate of drug-likeness (QED) is 0.319. The van der Waals surface area contributed by atoms with Crippen LogP contribution in [0.15, 0.2) is 47.0 Å². The molecule has 1 aromatic carbocycles. The molecule has 3 N–H and O–H groups in total. The maximum absolute atomic E-state index is 9.72. The molecule has 0 atom stereocenters. The Balaban J connectivity index is 1.09. The maximum Gasteiger partial charge on any atom is 0.259 e. The van der Waals surface area contributed by atoms with Crippen molar-refractivity contribution in [3.05, 3.63) is 42.6 Å². The number of morpholine rings is 1. The van der Waals surface area contributed by atoms with Crippen LogP contribution in [0, 0.1) is 5.41 Å². The molecule has 1 saturated heterocycles. The smallest absolute Gasteiger partial charge is 0.259 e. The van der Waals surface area contributed by atoms with Crippen molar-refractivity contribution in [1.29, 1.82) is 0 Å². The normalized spacial score (nSPS) is 24.6. The fourth-order valence-corrected chi connectivity index (χ4v) is 6.37. The number of aromatic nitrogens is 5. The maximum atomic E-state index is 9.72. The number of aliphatic hydroxyl groups is 1. The molecule has 0 unspecified atom stereocenters. The van der Waals surface area contributed by atoms with E-state index in [0.29, 0.717) is 53.3 Å². The van der Waals surface area contributed by atoms with Crippen LogP contribution < -0.4 is 15.5 Å². The number of anilines is 4. The molecule has 0 radical (unpaired) electrons. The van der Waals surface area contributed by atoms with Gasteiger partial charge in [0, 0.05) is 30.8 Å². The number of ether oxygens (including phenoxy) is 1.